The molecule has 1 aromatic rings. The normalized spacial score (nSPS) is 20.3. The molecule has 7 nitrogen and oxygen atoms in total. The summed E-state index contributed by atoms with van der Waals surface area (Å²) in [5.74, 6) is -1.66. The summed E-state index contributed by atoms with van der Waals surface area (Å²) in [4.78, 5) is 25.3. The summed E-state index contributed by atoms with van der Waals surface area (Å²) >= 11 is 0. The highest BCUT2D eigenvalue weighted by Crippen LogP contribution is 2.21. The third kappa shape index (κ3) is 5.46. The first kappa shape index (κ1) is 19.7. The van der Waals surface area contributed by atoms with Crippen molar-refractivity contribution in [2.24, 2.45) is 5.92 Å². The number of carbonyl (C=O) groups is 2. The van der Waals surface area contributed by atoms with E-state index in [0.29, 0.717) is 25.1 Å². The molecule has 0 saturated carbocycles. The lowest BCUT2D eigenvalue weighted by Gasteiger charge is -2.37. The number of likely N-dealkylation sites (tertiary alicyclic amines) is 1. The molecule has 0 spiro atoms. The number of amides is 1. The Labute approximate surface area is 153 Å². The van der Waals surface area contributed by atoms with Crippen LogP contribution in [0.5, 0.6) is 0 Å². The first-order valence-corrected chi connectivity index (χ1v) is 8.63. The molecule has 0 radical (unpaired) electrons. The topological polar surface area (TPSA) is 103 Å². The van der Waals surface area contributed by atoms with E-state index in [4.69, 9.17) is 10.00 Å². The Bertz CT molecular complexity index is 705. The van der Waals surface area contributed by atoms with Gasteiger partial charge in [0, 0.05) is 25.7 Å². The Morgan fingerprint density at radius 2 is 2.15 bits per heavy atom. The van der Waals surface area contributed by atoms with Gasteiger partial charge in [-0.1, -0.05) is 12.1 Å². The maximum Gasteiger partial charge on any atom is 0.410 e. The Kier molecular flexibility index (Phi) is 6.22. The molecule has 1 amide bonds. The minimum absolute atomic E-state index is 0.111. The molecular weight excluding hydrogens is 334 g/mol. The second-order valence-electron chi connectivity index (χ2n) is 7.46. The fraction of sp³-hybridized carbons (Fsp3) is 0.526. The molecular formula is C19H25N3O4. The molecule has 0 bridgehead atoms. The van der Waals surface area contributed by atoms with E-state index < -0.39 is 23.6 Å². The average molecular weight is 359 g/mol. The quantitative estimate of drug-likeness (QED) is 0.855. The predicted octanol–water partition coefficient (Wildman–Crippen LogP) is 2.36. The van der Waals surface area contributed by atoms with Crippen molar-refractivity contribution in [3.05, 3.63) is 35.4 Å². The summed E-state index contributed by atoms with van der Waals surface area (Å²) in [6.45, 7) is 6.36. The van der Waals surface area contributed by atoms with Crippen LogP contribution >= 0.6 is 0 Å². The van der Waals surface area contributed by atoms with Crippen molar-refractivity contribution in [2.45, 2.75) is 45.4 Å². The van der Waals surface area contributed by atoms with Gasteiger partial charge >= 0.3 is 12.1 Å². The van der Waals surface area contributed by atoms with Gasteiger partial charge in [-0.2, -0.15) is 5.26 Å². The molecule has 140 valence electrons. The molecule has 0 aliphatic carbocycles. The van der Waals surface area contributed by atoms with Gasteiger partial charge in [0.15, 0.2) is 0 Å². The van der Waals surface area contributed by atoms with E-state index >= 15 is 0 Å². The van der Waals surface area contributed by atoms with Crippen LogP contribution in [0.3, 0.4) is 0 Å². The van der Waals surface area contributed by atoms with Gasteiger partial charge in [-0.15, -0.1) is 0 Å². The SMILES string of the molecule is CC(C)(C)OC(=O)N1CC[C@H](NCc2cccc(C#N)c2)[C@@H](C(=O)O)C1. The zero-order valence-electron chi connectivity index (χ0n) is 15.4. The molecule has 0 unspecified atom stereocenters. The van der Waals surface area contributed by atoms with Gasteiger partial charge in [0.05, 0.1) is 17.6 Å². The van der Waals surface area contributed by atoms with Crippen molar-refractivity contribution in [3.63, 3.8) is 0 Å². The third-order valence-corrected chi connectivity index (χ3v) is 4.21. The number of hydrogen-bond acceptors (Lipinski definition) is 5. The standard InChI is InChI=1S/C19H25N3O4/c1-19(2,3)26-18(25)22-8-7-16(15(12-22)17(23)24)21-11-14-6-4-5-13(9-14)10-20/h4-6,9,15-16,21H,7-8,11-12H2,1-3H3,(H,23,24)/t15-,16-/m0/s1. The fourth-order valence-electron chi connectivity index (χ4n) is 2.94. The van der Waals surface area contributed by atoms with Gasteiger partial charge in [0.2, 0.25) is 0 Å². The number of piperidine rings is 1. The average Bonchev–Trinajstić information content (AvgIpc) is 2.58. The van der Waals surface area contributed by atoms with Crippen LogP contribution in [-0.4, -0.2) is 46.8 Å². The van der Waals surface area contributed by atoms with E-state index in [1.807, 2.05) is 6.07 Å². The van der Waals surface area contributed by atoms with E-state index in [9.17, 15) is 14.7 Å². The van der Waals surface area contributed by atoms with Crippen LogP contribution in [0.15, 0.2) is 24.3 Å². The molecule has 7 heteroatoms. The highest BCUT2D eigenvalue weighted by molar-refractivity contribution is 5.74. The number of carboxylic acids is 1. The van der Waals surface area contributed by atoms with Crippen molar-refractivity contribution < 1.29 is 19.4 Å². The van der Waals surface area contributed by atoms with Gasteiger partial charge in [0.25, 0.3) is 0 Å². The largest absolute Gasteiger partial charge is 0.481 e. The highest BCUT2D eigenvalue weighted by Gasteiger charge is 2.37. The van der Waals surface area contributed by atoms with E-state index in [1.54, 1.807) is 39.0 Å². The predicted molar refractivity (Wildman–Crippen MR) is 95.3 cm³/mol. The number of ether oxygens (including phenoxy) is 1. The van der Waals surface area contributed by atoms with Crippen LogP contribution in [0.1, 0.15) is 38.3 Å². The van der Waals surface area contributed by atoms with E-state index in [-0.39, 0.29) is 12.6 Å². The van der Waals surface area contributed by atoms with Crippen molar-refractivity contribution in [3.8, 4) is 6.07 Å². The molecule has 1 saturated heterocycles. The number of carbonyl (C=O) groups excluding carboxylic acids is 1. The second-order valence-corrected chi connectivity index (χ2v) is 7.46. The summed E-state index contributed by atoms with van der Waals surface area (Å²) in [5.41, 5.74) is 0.873. The highest BCUT2D eigenvalue weighted by atomic mass is 16.6. The molecule has 1 aromatic carbocycles. The number of nitriles is 1. The Balaban J connectivity index is 1.99. The number of nitrogens with one attached hydrogen (secondary N) is 1. The van der Waals surface area contributed by atoms with Crippen molar-refractivity contribution >= 4 is 12.1 Å². The molecule has 2 atom stereocenters. The first-order chi connectivity index (χ1) is 12.2. The summed E-state index contributed by atoms with van der Waals surface area (Å²) in [7, 11) is 0. The number of nitrogens with zero attached hydrogens (tertiary/aromatic N) is 2. The summed E-state index contributed by atoms with van der Waals surface area (Å²) in [6.07, 6.45) is 0.0395. The molecule has 2 N–H and O–H groups in total. The molecule has 1 aliphatic heterocycles. The molecule has 1 fully saturated rings. The second kappa shape index (κ2) is 8.19. The molecule has 1 aliphatic rings. The Hall–Kier alpha value is -2.59. The zero-order chi connectivity index (χ0) is 19.3. The summed E-state index contributed by atoms with van der Waals surface area (Å²) in [5, 5.41) is 21.8. The molecule has 0 aromatic heterocycles. The lowest BCUT2D eigenvalue weighted by atomic mass is 9.92. The molecule has 26 heavy (non-hydrogen) atoms. The van der Waals surface area contributed by atoms with Crippen LogP contribution in [0.2, 0.25) is 0 Å². The van der Waals surface area contributed by atoms with E-state index in [1.165, 1.54) is 4.90 Å². The van der Waals surface area contributed by atoms with E-state index in [2.05, 4.69) is 11.4 Å². The minimum atomic E-state index is -0.943. The number of rotatable bonds is 4. The molecule has 1 heterocycles. The lowest BCUT2D eigenvalue weighted by Crippen LogP contribution is -2.54. The lowest BCUT2D eigenvalue weighted by molar-refractivity contribution is -0.144. The summed E-state index contributed by atoms with van der Waals surface area (Å²) in [6, 6.07) is 9.03. The van der Waals surface area contributed by atoms with Crippen LogP contribution in [0.25, 0.3) is 0 Å². The van der Waals surface area contributed by atoms with E-state index in [0.717, 1.165) is 5.56 Å². The maximum atomic E-state index is 12.2. The van der Waals surface area contributed by atoms with Gasteiger partial charge < -0.3 is 20.1 Å². The van der Waals surface area contributed by atoms with Gasteiger partial charge in [-0.05, 0) is 44.9 Å². The number of hydrogen-bond donors (Lipinski definition) is 2. The third-order valence-electron chi connectivity index (χ3n) is 4.21. The Morgan fingerprint density at radius 3 is 2.77 bits per heavy atom. The minimum Gasteiger partial charge on any atom is -0.481 e. The van der Waals surface area contributed by atoms with Crippen LogP contribution in [0.4, 0.5) is 4.79 Å². The molecule has 2 rings (SSSR count). The van der Waals surface area contributed by atoms with Crippen LogP contribution < -0.4 is 5.32 Å². The Morgan fingerprint density at radius 1 is 1.42 bits per heavy atom. The van der Waals surface area contributed by atoms with Crippen LogP contribution in [-0.2, 0) is 16.1 Å². The smallest absolute Gasteiger partial charge is 0.410 e. The summed E-state index contributed by atoms with van der Waals surface area (Å²) < 4.78 is 5.34. The maximum absolute atomic E-state index is 12.2. The van der Waals surface area contributed by atoms with Gasteiger partial charge in [-0.3, -0.25) is 4.79 Å². The monoisotopic (exact) mass is 359 g/mol. The number of aliphatic carboxylic acids is 1. The van der Waals surface area contributed by atoms with Gasteiger partial charge in [0.1, 0.15) is 5.60 Å². The number of carboxylic acid groups (broad SMARTS) is 1. The van der Waals surface area contributed by atoms with Crippen molar-refractivity contribution in [1.82, 2.24) is 10.2 Å². The van der Waals surface area contributed by atoms with Gasteiger partial charge in [-0.25, -0.2) is 4.79 Å². The van der Waals surface area contributed by atoms with Crippen molar-refractivity contribution in [1.29, 1.82) is 5.26 Å². The number of benzene rings is 1. The first-order valence-electron chi connectivity index (χ1n) is 8.63. The fourth-order valence-corrected chi connectivity index (χ4v) is 2.94. The van der Waals surface area contributed by atoms with Crippen molar-refractivity contribution in [2.75, 3.05) is 13.1 Å². The van der Waals surface area contributed by atoms with Crippen LogP contribution in [0, 0.1) is 17.2 Å². The zero-order valence-corrected chi connectivity index (χ0v) is 15.4.